The lowest BCUT2D eigenvalue weighted by Gasteiger charge is -2.21. The Morgan fingerprint density at radius 2 is 1.54 bits per heavy atom. The zero-order valence-corrected chi connectivity index (χ0v) is 16.4. The first kappa shape index (κ1) is 20.4. The van der Waals surface area contributed by atoms with E-state index in [1.165, 1.54) is 21.9 Å². The van der Waals surface area contributed by atoms with E-state index in [2.05, 4.69) is 68.6 Å². The molecule has 26 heavy (non-hydrogen) atoms. The van der Waals surface area contributed by atoms with Crippen LogP contribution in [0.15, 0.2) is 66.7 Å². The molecule has 0 bridgehead atoms. The molecule has 0 aliphatic heterocycles. The molecule has 1 atom stereocenters. The molecule has 0 saturated heterocycles. The molecule has 0 fully saturated rings. The second-order valence-electron chi connectivity index (χ2n) is 7.60. The highest BCUT2D eigenvalue weighted by Gasteiger charge is 2.16. The van der Waals surface area contributed by atoms with Crippen molar-refractivity contribution in [1.29, 1.82) is 0 Å². The van der Waals surface area contributed by atoms with E-state index >= 15 is 0 Å². The van der Waals surface area contributed by atoms with Crippen molar-refractivity contribution in [3.05, 3.63) is 83.4 Å². The van der Waals surface area contributed by atoms with Crippen molar-refractivity contribution in [2.24, 2.45) is 0 Å². The van der Waals surface area contributed by atoms with Crippen LogP contribution in [0, 0.1) is 0 Å². The van der Waals surface area contributed by atoms with Crippen molar-refractivity contribution in [3.63, 3.8) is 0 Å². The van der Waals surface area contributed by atoms with Crippen LogP contribution in [0.25, 0.3) is 10.8 Å². The molecular formula is C23H27ClFN. The molecule has 138 valence electrons. The molecule has 0 spiro atoms. The average molecular weight is 372 g/mol. The Kier molecular flexibility index (Phi) is 6.80. The van der Waals surface area contributed by atoms with Crippen molar-refractivity contribution < 1.29 is 4.39 Å². The molecule has 3 rings (SSSR count). The van der Waals surface area contributed by atoms with Crippen LogP contribution in [0.2, 0.25) is 0 Å². The second kappa shape index (κ2) is 8.66. The van der Waals surface area contributed by atoms with Gasteiger partial charge in [0.25, 0.3) is 0 Å². The first-order valence-electron chi connectivity index (χ1n) is 8.85. The highest BCUT2D eigenvalue weighted by molar-refractivity contribution is 5.86. The van der Waals surface area contributed by atoms with Gasteiger partial charge in [0.05, 0.1) is 6.04 Å². The number of alkyl halides is 1. The number of hydrogen-bond donors (Lipinski definition) is 1. The average Bonchev–Trinajstić information content (AvgIpc) is 2.62. The summed E-state index contributed by atoms with van der Waals surface area (Å²) in [5, 5.41) is 5.81. The van der Waals surface area contributed by atoms with Crippen molar-refractivity contribution in [1.82, 2.24) is 5.32 Å². The van der Waals surface area contributed by atoms with Crippen molar-refractivity contribution in [3.8, 4) is 0 Å². The van der Waals surface area contributed by atoms with Crippen LogP contribution in [0.3, 0.4) is 0 Å². The number of benzene rings is 3. The van der Waals surface area contributed by atoms with Crippen molar-refractivity contribution >= 4 is 23.2 Å². The highest BCUT2D eigenvalue weighted by atomic mass is 35.5. The van der Waals surface area contributed by atoms with E-state index in [4.69, 9.17) is 0 Å². The van der Waals surface area contributed by atoms with Gasteiger partial charge < -0.3 is 5.32 Å². The van der Waals surface area contributed by atoms with Gasteiger partial charge in [0.1, 0.15) is 6.67 Å². The van der Waals surface area contributed by atoms with E-state index in [9.17, 15) is 4.39 Å². The van der Waals surface area contributed by atoms with Crippen molar-refractivity contribution in [2.75, 3.05) is 6.67 Å². The molecule has 3 aromatic rings. The monoisotopic (exact) mass is 371 g/mol. The van der Waals surface area contributed by atoms with E-state index < -0.39 is 6.67 Å². The molecule has 0 saturated carbocycles. The summed E-state index contributed by atoms with van der Waals surface area (Å²) in [6, 6.07) is 22.6. The minimum Gasteiger partial charge on any atom is -0.304 e. The lowest BCUT2D eigenvalue weighted by atomic mass is 9.86. The molecule has 0 aliphatic rings. The van der Waals surface area contributed by atoms with Gasteiger partial charge in [0.15, 0.2) is 0 Å². The van der Waals surface area contributed by atoms with Crippen LogP contribution in [-0.4, -0.2) is 6.67 Å². The van der Waals surface area contributed by atoms with E-state index in [0.717, 1.165) is 5.56 Å². The maximum atomic E-state index is 13.6. The highest BCUT2D eigenvalue weighted by Crippen LogP contribution is 2.25. The van der Waals surface area contributed by atoms with E-state index in [0.29, 0.717) is 6.54 Å². The second-order valence-corrected chi connectivity index (χ2v) is 7.60. The third-order valence-corrected chi connectivity index (χ3v) is 4.75. The van der Waals surface area contributed by atoms with Gasteiger partial charge >= 0.3 is 0 Å². The Labute approximate surface area is 162 Å². The minimum atomic E-state index is -0.417. The predicted octanol–water partition coefficient (Wildman–Crippen LogP) is 6.36. The fraction of sp³-hybridized carbons (Fsp3) is 0.304. The number of halogens is 2. The molecule has 0 unspecified atom stereocenters. The molecule has 1 nitrogen and oxygen atoms in total. The Morgan fingerprint density at radius 3 is 2.19 bits per heavy atom. The molecule has 1 N–H and O–H groups in total. The van der Waals surface area contributed by atoms with Gasteiger partial charge in [-0.3, -0.25) is 0 Å². The Balaban J connectivity index is 0.00000243. The summed E-state index contributed by atoms with van der Waals surface area (Å²) >= 11 is 0. The number of nitrogens with one attached hydrogen (secondary N) is 1. The molecule has 0 aliphatic carbocycles. The van der Waals surface area contributed by atoms with Gasteiger partial charge in [0, 0.05) is 6.54 Å². The van der Waals surface area contributed by atoms with E-state index in [1.54, 1.807) is 0 Å². The van der Waals surface area contributed by atoms with Crippen LogP contribution in [0.5, 0.6) is 0 Å². The van der Waals surface area contributed by atoms with Crippen LogP contribution in [0.1, 0.15) is 43.5 Å². The SMILES string of the molecule is CC(C)(C)c1ccc([C@@H](CF)NCc2cccc3ccccc23)cc1.Cl. The molecule has 3 aromatic carbocycles. The molecule has 0 radical (unpaired) electrons. The summed E-state index contributed by atoms with van der Waals surface area (Å²) in [5.74, 6) is 0. The zero-order valence-electron chi connectivity index (χ0n) is 15.6. The largest absolute Gasteiger partial charge is 0.304 e. The number of hydrogen-bond acceptors (Lipinski definition) is 1. The Hall–Kier alpha value is -1.90. The summed E-state index contributed by atoms with van der Waals surface area (Å²) < 4.78 is 13.6. The Bertz CT molecular complexity index is 831. The van der Waals surface area contributed by atoms with Crippen LogP contribution < -0.4 is 5.32 Å². The smallest absolute Gasteiger partial charge is 0.109 e. The first-order chi connectivity index (χ1) is 12.0. The summed E-state index contributed by atoms with van der Waals surface area (Å²) in [5.41, 5.74) is 3.57. The topological polar surface area (TPSA) is 12.0 Å². The lowest BCUT2D eigenvalue weighted by molar-refractivity contribution is 0.381. The molecule has 0 heterocycles. The Morgan fingerprint density at radius 1 is 0.885 bits per heavy atom. The predicted molar refractivity (Wildman–Crippen MR) is 112 cm³/mol. The van der Waals surface area contributed by atoms with Crippen LogP contribution in [0.4, 0.5) is 4.39 Å². The van der Waals surface area contributed by atoms with Crippen LogP contribution >= 0.6 is 12.4 Å². The van der Waals surface area contributed by atoms with E-state index in [1.807, 2.05) is 24.3 Å². The number of rotatable bonds is 5. The maximum Gasteiger partial charge on any atom is 0.109 e. The normalized spacial score (nSPS) is 12.6. The van der Waals surface area contributed by atoms with Gasteiger partial charge in [0.2, 0.25) is 0 Å². The van der Waals surface area contributed by atoms with Gasteiger partial charge in [-0.15, -0.1) is 12.4 Å². The van der Waals surface area contributed by atoms with Gasteiger partial charge in [-0.05, 0) is 32.9 Å². The summed E-state index contributed by atoms with van der Waals surface area (Å²) in [6.07, 6.45) is 0. The zero-order chi connectivity index (χ0) is 17.9. The molecule has 3 heteroatoms. The fourth-order valence-corrected chi connectivity index (χ4v) is 3.16. The maximum absolute atomic E-state index is 13.6. The number of fused-ring (bicyclic) bond motifs is 1. The van der Waals surface area contributed by atoms with E-state index in [-0.39, 0.29) is 23.9 Å². The van der Waals surface area contributed by atoms with Gasteiger partial charge in [-0.1, -0.05) is 87.5 Å². The third-order valence-electron chi connectivity index (χ3n) is 4.75. The first-order valence-corrected chi connectivity index (χ1v) is 8.85. The third kappa shape index (κ3) is 4.63. The minimum absolute atomic E-state index is 0. The van der Waals surface area contributed by atoms with Gasteiger partial charge in [-0.2, -0.15) is 0 Å². The quantitative estimate of drug-likeness (QED) is 0.550. The molecular weight excluding hydrogens is 345 g/mol. The summed E-state index contributed by atoms with van der Waals surface area (Å²) in [4.78, 5) is 0. The fourth-order valence-electron chi connectivity index (χ4n) is 3.16. The standard InChI is InChI=1S/C23H26FN.ClH/c1-23(2,3)20-13-11-18(12-14-20)22(15-24)25-16-19-9-6-8-17-7-4-5-10-21(17)19;/h4-14,22,25H,15-16H2,1-3H3;1H/t22-;/m1./s1. The molecule has 0 amide bonds. The summed E-state index contributed by atoms with van der Waals surface area (Å²) in [6.45, 7) is 6.80. The van der Waals surface area contributed by atoms with Crippen molar-refractivity contribution in [2.45, 2.75) is 38.8 Å². The summed E-state index contributed by atoms with van der Waals surface area (Å²) in [7, 11) is 0. The van der Waals surface area contributed by atoms with Crippen LogP contribution in [-0.2, 0) is 12.0 Å². The van der Waals surface area contributed by atoms with Gasteiger partial charge in [-0.25, -0.2) is 4.39 Å². The molecule has 0 aromatic heterocycles. The lowest BCUT2D eigenvalue weighted by Crippen LogP contribution is -2.23.